The molecular formula is C16H20O8. The lowest BCUT2D eigenvalue weighted by Gasteiger charge is -2.39. The largest absolute Gasteiger partial charge is 0.481 e. The number of hydrogen-bond donors (Lipinski definition) is 5. The molecule has 1 aliphatic carbocycles. The Hall–Kier alpha value is -1.71. The maximum Gasteiger partial charge on any atom is 0.307 e. The normalized spacial score (nSPS) is 35.5. The number of rotatable bonds is 4. The smallest absolute Gasteiger partial charge is 0.307 e. The zero-order chi connectivity index (χ0) is 17.4. The van der Waals surface area contributed by atoms with Crippen LogP contribution in [-0.2, 0) is 22.4 Å². The lowest BCUT2D eigenvalue weighted by atomic mass is 9.99. The average molecular weight is 340 g/mol. The molecule has 8 nitrogen and oxygen atoms in total. The minimum Gasteiger partial charge on any atom is -0.481 e. The lowest BCUT2D eigenvalue weighted by molar-refractivity contribution is -0.277. The molecule has 0 radical (unpaired) electrons. The molecule has 132 valence electrons. The number of benzene rings is 1. The number of carboxylic acid groups (broad SMARTS) is 1. The Kier molecular flexibility index (Phi) is 4.75. The number of hydrogen-bond acceptors (Lipinski definition) is 7. The van der Waals surface area contributed by atoms with Crippen molar-refractivity contribution >= 4 is 5.97 Å². The van der Waals surface area contributed by atoms with E-state index in [9.17, 15) is 20.1 Å². The molecule has 2 aliphatic rings. The molecule has 24 heavy (non-hydrogen) atoms. The van der Waals surface area contributed by atoms with E-state index in [-0.39, 0.29) is 0 Å². The SMILES string of the molecule is O=C(O)[C@H]1Cc2ccc(O[C@@H]3OC(CO)[C@@H](O)[C@H](O)C3O)cc2C1. The standard InChI is InChI=1S/C16H20O8/c17-6-11-12(18)13(19)14(20)16(24-11)23-10-2-1-7-3-9(15(21)22)4-8(7)5-10/h1-2,5,9,11-14,16-20H,3-4,6H2,(H,21,22)/t9-,11?,12+,13-,14?,16+/m0/s1. The van der Waals surface area contributed by atoms with Crippen LogP contribution < -0.4 is 4.74 Å². The van der Waals surface area contributed by atoms with Crippen molar-refractivity contribution in [1.82, 2.24) is 0 Å². The maximum absolute atomic E-state index is 11.1. The molecule has 1 saturated heterocycles. The molecule has 1 heterocycles. The third kappa shape index (κ3) is 3.11. The van der Waals surface area contributed by atoms with Gasteiger partial charge in [0, 0.05) is 0 Å². The molecule has 1 aliphatic heterocycles. The molecule has 0 spiro atoms. The van der Waals surface area contributed by atoms with Gasteiger partial charge in [-0.3, -0.25) is 4.79 Å². The fourth-order valence-corrected chi connectivity index (χ4v) is 3.14. The van der Waals surface area contributed by atoms with Crippen molar-refractivity contribution in [2.45, 2.75) is 43.5 Å². The molecule has 1 aromatic carbocycles. The third-order valence-electron chi connectivity index (χ3n) is 4.56. The minimum atomic E-state index is -1.51. The van der Waals surface area contributed by atoms with E-state index in [0.717, 1.165) is 11.1 Å². The van der Waals surface area contributed by atoms with Gasteiger partial charge in [0.05, 0.1) is 12.5 Å². The van der Waals surface area contributed by atoms with Crippen LogP contribution in [0.5, 0.6) is 5.75 Å². The summed E-state index contributed by atoms with van der Waals surface area (Å²) in [6.07, 6.45) is -5.87. The Morgan fingerprint density at radius 3 is 2.50 bits per heavy atom. The number of carboxylic acids is 1. The third-order valence-corrected chi connectivity index (χ3v) is 4.56. The quantitative estimate of drug-likeness (QED) is 0.454. The fraction of sp³-hybridized carbons (Fsp3) is 0.562. The summed E-state index contributed by atoms with van der Waals surface area (Å²) in [6, 6.07) is 5.07. The first-order chi connectivity index (χ1) is 11.4. The van der Waals surface area contributed by atoms with Gasteiger partial charge in [0.1, 0.15) is 30.2 Å². The van der Waals surface area contributed by atoms with Crippen molar-refractivity contribution < 1.29 is 39.8 Å². The van der Waals surface area contributed by atoms with Gasteiger partial charge in [-0.15, -0.1) is 0 Å². The number of aliphatic hydroxyl groups is 4. The highest BCUT2D eigenvalue weighted by Gasteiger charge is 2.44. The van der Waals surface area contributed by atoms with E-state index in [2.05, 4.69) is 0 Å². The van der Waals surface area contributed by atoms with Gasteiger partial charge in [-0.25, -0.2) is 0 Å². The predicted molar refractivity (Wildman–Crippen MR) is 79.4 cm³/mol. The lowest BCUT2D eigenvalue weighted by Crippen LogP contribution is -2.60. The van der Waals surface area contributed by atoms with Crippen LogP contribution in [0.2, 0.25) is 0 Å². The first-order valence-electron chi connectivity index (χ1n) is 7.72. The van der Waals surface area contributed by atoms with Crippen LogP contribution >= 0.6 is 0 Å². The fourth-order valence-electron chi connectivity index (χ4n) is 3.14. The van der Waals surface area contributed by atoms with Crippen molar-refractivity contribution in [3.63, 3.8) is 0 Å². The summed E-state index contributed by atoms with van der Waals surface area (Å²) in [5.41, 5.74) is 1.79. The van der Waals surface area contributed by atoms with Crippen molar-refractivity contribution in [2.75, 3.05) is 6.61 Å². The van der Waals surface area contributed by atoms with E-state index < -0.39 is 49.2 Å². The molecule has 8 heteroatoms. The summed E-state index contributed by atoms with van der Waals surface area (Å²) in [5, 5.41) is 47.7. The van der Waals surface area contributed by atoms with E-state index in [0.29, 0.717) is 18.6 Å². The first kappa shape index (κ1) is 17.1. The average Bonchev–Trinajstić information content (AvgIpc) is 2.99. The van der Waals surface area contributed by atoms with Gasteiger partial charge in [-0.2, -0.15) is 0 Å². The zero-order valence-electron chi connectivity index (χ0n) is 12.8. The highest BCUT2D eigenvalue weighted by atomic mass is 16.7. The van der Waals surface area contributed by atoms with Gasteiger partial charge in [0.15, 0.2) is 0 Å². The number of fused-ring (bicyclic) bond motifs is 1. The maximum atomic E-state index is 11.1. The summed E-state index contributed by atoms with van der Waals surface area (Å²) in [4.78, 5) is 11.1. The van der Waals surface area contributed by atoms with E-state index >= 15 is 0 Å². The molecule has 1 aromatic rings. The van der Waals surface area contributed by atoms with Crippen molar-refractivity contribution in [3.05, 3.63) is 29.3 Å². The highest BCUT2D eigenvalue weighted by molar-refractivity contribution is 5.72. The summed E-state index contributed by atoms with van der Waals surface area (Å²) in [5.74, 6) is -0.950. The molecule has 0 aromatic heterocycles. The summed E-state index contributed by atoms with van der Waals surface area (Å²) in [6.45, 7) is -0.532. The van der Waals surface area contributed by atoms with Crippen LogP contribution in [0.3, 0.4) is 0 Å². The topological polar surface area (TPSA) is 137 Å². The van der Waals surface area contributed by atoms with Crippen molar-refractivity contribution in [1.29, 1.82) is 0 Å². The molecule has 0 amide bonds. The first-order valence-corrected chi connectivity index (χ1v) is 7.72. The van der Waals surface area contributed by atoms with Crippen LogP contribution in [0, 0.1) is 5.92 Å². The van der Waals surface area contributed by atoms with Crippen molar-refractivity contribution in [3.8, 4) is 5.75 Å². The van der Waals surface area contributed by atoms with Crippen LogP contribution in [-0.4, -0.2) is 68.8 Å². The molecule has 0 saturated carbocycles. The van der Waals surface area contributed by atoms with Crippen molar-refractivity contribution in [2.24, 2.45) is 5.92 Å². The van der Waals surface area contributed by atoms with Crippen LogP contribution in [0.1, 0.15) is 11.1 Å². The van der Waals surface area contributed by atoms with E-state index in [4.69, 9.17) is 19.7 Å². The Morgan fingerprint density at radius 2 is 1.83 bits per heavy atom. The summed E-state index contributed by atoms with van der Waals surface area (Å²) >= 11 is 0. The van der Waals surface area contributed by atoms with Crippen LogP contribution in [0.15, 0.2) is 18.2 Å². The number of aliphatic hydroxyl groups excluding tert-OH is 4. The van der Waals surface area contributed by atoms with Gasteiger partial charge in [-0.05, 0) is 36.1 Å². The molecule has 3 rings (SSSR count). The highest BCUT2D eigenvalue weighted by Crippen LogP contribution is 2.31. The monoisotopic (exact) mass is 340 g/mol. The van der Waals surface area contributed by atoms with E-state index in [1.54, 1.807) is 18.2 Å². The van der Waals surface area contributed by atoms with Gasteiger partial charge in [0.25, 0.3) is 0 Å². The van der Waals surface area contributed by atoms with Gasteiger partial charge < -0.3 is 35.0 Å². The number of ether oxygens (including phenoxy) is 2. The summed E-state index contributed by atoms with van der Waals surface area (Å²) in [7, 11) is 0. The zero-order valence-corrected chi connectivity index (χ0v) is 12.8. The second-order valence-corrected chi connectivity index (χ2v) is 6.19. The molecule has 5 N–H and O–H groups in total. The molecule has 2 unspecified atom stereocenters. The van der Waals surface area contributed by atoms with Gasteiger partial charge >= 0.3 is 5.97 Å². The Labute approximate surface area is 137 Å². The van der Waals surface area contributed by atoms with Gasteiger partial charge in [-0.1, -0.05) is 6.07 Å². The molecule has 0 bridgehead atoms. The molecule has 6 atom stereocenters. The Balaban J connectivity index is 1.73. The molecular weight excluding hydrogens is 320 g/mol. The van der Waals surface area contributed by atoms with E-state index in [1.807, 2.05) is 0 Å². The minimum absolute atomic E-state index is 0.351. The summed E-state index contributed by atoms with van der Waals surface area (Å²) < 4.78 is 10.8. The van der Waals surface area contributed by atoms with Crippen LogP contribution in [0.25, 0.3) is 0 Å². The number of carbonyl (C=O) groups is 1. The Bertz CT molecular complexity index is 616. The number of aliphatic carboxylic acids is 1. The second-order valence-electron chi connectivity index (χ2n) is 6.19. The van der Waals surface area contributed by atoms with E-state index in [1.165, 1.54) is 0 Å². The second kappa shape index (κ2) is 6.66. The Morgan fingerprint density at radius 1 is 1.12 bits per heavy atom. The van der Waals surface area contributed by atoms with Gasteiger partial charge in [0.2, 0.25) is 6.29 Å². The molecule has 1 fully saturated rings. The van der Waals surface area contributed by atoms with Crippen LogP contribution in [0.4, 0.5) is 0 Å². The predicted octanol–water partition coefficient (Wildman–Crippen LogP) is -1.34.